The molecule has 0 N–H and O–H groups in total. The molecule has 0 spiro atoms. The molecule has 0 aromatic rings. The van der Waals surface area contributed by atoms with Crippen molar-refractivity contribution in [3.05, 3.63) is 11.1 Å². The van der Waals surface area contributed by atoms with Crippen molar-refractivity contribution in [1.82, 2.24) is 0 Å². The normalized spacial score (nSPS) is 41.2. The summed E-state index contributed by atoms with van der Waals surface area (Å²) < 4.78 is 0. The summed E-state index contributed by atoms with van der Waals surface area (Å²) in [7, 11) is 0. The summed E-state index contributed by atoms with van der Waals surface area (Å²) >= 11 is 0. The van der Waals surface area contributed by atoms with Crippen LogP contribution in [-0.2, 0) is 0 Å². The van der Waals surface area contributed by atoms with Crippen LogP contribution in [0.1, 0.15) is 39.0 Å². The van der Waals surface area contributed by atoms with Gasteiger partial charge in [-0.3, -0.25) is 0 Å². The summed E-state index contributed by atoms with van der Waals surface area (Å²) in [6, 6.07) is 0. The number of hydrogen-bond acceptors (Lipinski definition) is 0. The molecule has 0 radical (unpaired) electrons. The molecule has 0 amide bonds. The Labute approximate surface area is 80.4 Å². The highest BCUT2D eigenvalue weighted by molar-refractivity contribution is 5.41. The molecule has 0 heterocycles. The van der Waals surface area contributed by atoms with Crippen LogP contribution in [0.3, 0.4) is 0 Å². The second-order valence-electron chi connectivity index (χ2n) is 4.68. The van der Waals surface area contributed by atoms with Crippen LogP contribution >= 0.6 is 0 Å². The van der Waals surface area contributed by atoms with E-state index < -0.39 is 0 Å². The predicted octanol–water partition coefficient (Wildman–Crippen LogP) is 3.15. The lowest BCUT2D eigenvalue weighted by atomic mass is 9.54. The molecular weight excluding hydrogens is 156 g/mol. The second-order valence-corrected chi connectivity index (χ2v) is 4.68. The van der Waals surface area contributed by atoms with Crippen LogP contribution < -0.4 is 0 Å². The SMILES string of the molecule is CC1C2=C(CC2)C1C1C#CCCC1. The molecule has 0 saturated carbocycles. The van der Waals surface area contributed by atoms with E-state index in [4.69, 9.17) is 0 Å². The van der Waals surface area contributed by atoms with Crippen LogP contribution in [0.15, 0.2) is 11.1 Å². The minimum atomic E-state index is 0.725. The third-order valence-corrected chi connectivity index (χ3v) is 4.10. The topological polar surface area (TPSA) is 0 Å². The Morgan fingerprint density at radius 3 is 2.62 bits per heavy atom. The number of allylic oxidation sites excluding steroid dienone is 2. The summed E-state index contributed by atoms with van der Waals surface area (Å²) in [6.45, 7) is 2.40. The van der Waals surface area contributed by atoms with E-state index in [0.717, 1.165) is 24.2 Å². The van der Waals surface area contributed by atoms with Gasteiger partial charge in [-0.15, -0.1) is 5.92 Å². The van der Waals surface area contributed by atoms with E-state index in [1.54, 1.807) is 11.1 Å². The third-order valence-electron chi connectivity index (χ3n) is 4.10. The Bertz CT molecular complexity index is 324. The first-order chi connectivity index (χ1) is 6.38. The molecule has 3 aliphatic rings. The Balaban J connectivity index is 1.82. The molecular formula is C13H16. The first-order valence-corrected chi connectivity index (χ1v) is 5.58. The van der Waals surface area contributed by atoms with Crippen LogP contribution in [0.25, 0.3) is 0 Å². The predicted molar refractivity (Wildman–Crippen MR) is 54.0 cm³/mol. The lowest BCUT2D eigenvalue weighted by molar-refractivity contribution is 0.248. The Morgan fingerprint density at radius 2 is 2.08 bits per heavy atom. The molecule has 0 bridgehead atoms. The fraction of sp³-hybridized carbons (Fsp3) is 0.692. The van der Waals surface area contributed by atoms with E-state index in [-0.39, 0.29) is 0 Å². The molecule has 0 aromatic heterocycles. The second kappa shape index (κ2) is 2.64. The maximum absolute atomic E-state index is 3.45. The molecule has 68 valence electrons. The van der Waals surface area contributed by atoms with Crippen LogP contribution in [0.5, 0.6) is 0 Å². The minimum Gasteiger partial charge on any atom is -0.103 e. The highest BCUT2D eigenvalue weighted by Crippen LogP contribution is 2.56. The van der Waals surface area contributed by atoms with E-state index in [0.29, 0.717) is 0 Å². The molecule has 0 heteroatoms. The molecule has 0 aliphatic heterocycles. The average molecular weight is 172 g/mol. The van der Waals surface area contributed by atoms with Crippen LogP contribution in [0, 0.1) is 29.6 Å². The maximum Gasteiger partial charge on any atom is 0.0274 e. The Morgan fingerprint density at radius 1 is 1.23 bits per heavy atom. The first kappa shape index (κ1) is 7.68. The van der Waals surface area contributed by atoms with Gasteiger partial charge in [-0.2, -0.15) is 0 Å². The first-order valence-electron chi connectivity index (χ1n) is 5.58. The summed E-state index contributed by atoms with van der Waals surface area (Å²) in [5.41, 5.74) is 3.59. The van der Waals surface area contributed by atoms with Gasteiger partial charge in [0.05, 0.1) is 0 Å². The van der Waals surface area contributed by atoms with Crippen LogP contribution in [0.2, 0.25) is 0 Å². The van der Waals surface area contributed by atoms with E-state index in [1.807, 2.05) is 0 Å². The number of rotatable bonds is 1. The fourth-order valence-corrected chi connectivity index (χ4v) is 3.28. The molecule has 0 nitrogen and oxygen atoms in total. The van der Waals surface area contributed by atoms with Crippen molar-refractivity contribution in [3.8, 4) is 11.8 Å². The van der Waals surface area contributed by atoms with Gasteiger partial charge in [-0.25, -0.2) is 0 Å². The van der Waals surface area contributed by atoms with Gasteiger partial charge in [0, 0.05) is 18.3 Å². The summed E-state index contributed by atoms with van der Waals surface area (Å²) in [6.07, 6.45) is 6.63. The maximum atomic E-state index is 3.45. The lowest BCUT2D eigenvalue weighted by Crippen LogP contribution is -2.39. The molecule has 13 heavy (non-hydrogen) atoms. The van der Waals surface area contributed by atoms with Crippen molar-refractivity contribution in [2.45, 2.75) is 39.0 Å². The van der Waals surface area contributed by atoms with Crippen molar-refractivity contribution in [2.24, 2.45) is 17.8 Å². The third kappa shape index (κ3) is 0.937. The Kier molecular flexibility index (Phi) is 1.56. The highest BCUT2D eigenvalue weighted by Gasteiger charge is 2.45. The number of hydrogen-bond donors (Lipinski definition) is 0. The van der Waals surface area contributed by atoms with Gasteiger partial charge >= 0.3 is 0 Å². The summed E-state index contributed by atoms with van der Waals surface area (Å²) in [5, 5.41) is 0. The zero-order valence-electron chi connectivity index (χ0n) is 8.27. The van der Waals surface area contributed by atoms with Crippen molar-refractivity contribution >= 4 is 0 Å². The molecule has 3 rings (SSSR count). The van der Waals surface area contributed by atoms with Crippen molar-refractivity contribution in [3.63, 3.8) is 0 Å². The Hall–Kier alpha value is -0.700. The van der Waals surface area contributed by atoms with Crippen LogP contribution in [-0.4, -0.2) is 0 Å². The quantitative estimate of drug-likeness (QED) is 0.421. The summed E-state index contributed by atoms with van der Waals surface area (Å²) in [4.78, 5) is 0. The van der Waals surface area contributed by atoms with Gasteiger partial charge in [0.15, 0.2) is 0 Å². The van der Waals surface area contributed by atoms with Crippen molar-refractivity contribution < 1.29 is 0 Å². The molecule has 0 fully saturated rings. The van der Waals surface area contributed by atoms with Gasteiger partial charge < -0.3 is 0 Å². The van der Waals surface area contributed by atoms with Crippen molar-refractivity contribution in [2.75, 3.05) is 0 Å². The zero-order valence-corrected chi connectivity index (χ0v) is 8.27. The van der Waals surface area contributed by atoms with Gasteiger partial charge in [0.25, 0.3) is 0 Å². The van der Waals surface area contributed by atoms with Crippen molar-refractivity contribution in [1.29, 1.82) is 0 Å². The molecule has 0 saturated heterocycles. The monoisotopic (exact) mass is 172 g/mol. The molecule has 0 aromatic carbocycles. The fourth-order valence-electron chi connectivity index (χ4n) is 3.28. The lowest BCUT2D eigenvalue weighted by Gasteiger charge is -2.50. The average Bonchev–Trinajstić information content (AvgIpc) is 2.13. The molecule has 3 atom stereocenters. The standard InChI is InChI=1S/C13H16/c1-9-11-7-8-12(11)13(9)10-5-3-2-4-6-10/h9-10,13H,2-3,5,7-8H2,1H3. The highest BCUT2D eigenvalue weighted by atomic mass is 14.5. The minimum absolute atomic E-state index is 0.725. The van der Waals surface area contributed by atoms with Gasteiger partial charge in [0.2, 0.25) is 0 Å². The van der Waals surface area contributed by atoms with E-state index in [1.165, 1.54) is 25.7 Å². The molecule has 3 unspecified atom stereocenters. The van der Waals surface area contributed by atoms with E-state index in [2.05, 4.69) is 18.8 Å². The summed E-state index contributed by atoms with van der Waals surface area (Å²) in [5.74, 6) is 9.22. The van der Waals surface area contributed by atoms with Gasteiger partial charge in [0.1, 0.15) is 0 Å². The van der Waals surface area contributed by atoms with E-state index >= 15 is 0 Å². The van der Waals surface area contributed by atoms with Crippen LogP contribution in [0.4, 0.5) is 0 Å². The van der Waals surface area contributed by atoms with Gasteiger partial charge in [-0.05, 0) is 31.6 Å². The van der Waals surface area contributed by atoms with Gasteiger partial charge in [-0.1, -0.05) is 24.0 Å². The van der Waals surface area contributed by atoms with E-state index in [9.17, 15) is 0 Å². The zero-order chi connectivity index (χ0) is 8.84. The largest absolute Gasteiger partial charge is 0.103 e. The molecule has 3 aliphatic carbocycles. The smallest absolute Gasteiger partial charge is 0.0274 e.